The fourth-order valence-corrected chi connectivity index (χ4v) is 7.22. The zero-order valence-corrected chi connectivity index (χ0v) is 25.8. The highest BCUT2D eigenvalue weighted by atomic mass is 15.0. The Labute approximate surface area is 276 Å². The maximum atomic E-state index is 5.03. The van der Waals surface area contributed by atoms with E-state index in [1.165, 1.54) is 32.6 Å². The molecular formula is C43H27N5. The Morgan fingerprint density at radius 1 is 0.375 bits per heavy atom. The van der Waals surface area contributed by atoms with Gasteiger partial charge in [-0.1, -0.05) is 127 Å². The number of para-hydroxylation sites is 3. The van der Waals surface area contributed by atoms with Crippen molar-refractivity contribution in [1.29, 1.82) is 0 Å². The first-order chi connectivity index (χ1) is 23.8. The number of fused-ring (bicyclic) bond motifs is 5. The summed E-state index contributed by atoms with van der Waals surface area (Å²) in [5, 5.41) is 4.94. The molecule has 0 saturated carbocycles. The van der Waals surface area contributed by atoms with Crippen LogP contribution in [0.2, 0.25) is 0 Å². The van der Waals surface area contributed by atoms with Crippen molar-refractivity contribution < 1.29 is 0 Å². The summed E-state index contributed by atoms with van der Waals surface area (Å²) in [6, 6.07) is 57.4. The Morgan fingerprint density at radius 3 is 1.67 bits per heavy atom. The van der Waals surface area contributed by atoms with Crippen LogP contribution >= 0.6 is 0 Å². The van der Waals surface area contributed by atoms with Gasteiger partial charge in [0.15, 0.2) is 17.5 Å². The van der Waals surface area contributed by atoms with E-state index in [0.717, 1.165) is 38.9 Å². The van der Waals surface area contributed by atoms with Crippen molar-refractivity contribution >= 4 is 49.1 Å². The molecule has 7 aromatic carbocycles. The normalized spacial score (nSPS) is 11.8. The van der Waals surface area contributed by atoms with E-state index in [2.05, 4.69) is 112 Å². The molecule has 0 amide bonds. The zero-order chi connectivity index (χ0) is 31.6. The molecule has 3 aromatic heterocycles. The summed E-state index contributed by atoms with van der Waals surface area (Å²) in [6.07, 6.45) is 0. The van der Waals surface area contributed by atoms with Gasteiger partial charge in [-0.05, 0) is 41.8 Å². The molecule has 0 unspecified atom stereocenters. The lowest BCUT2D eigenvalue weighted by molar-refractivity contribution is 1.07. The van der Waals surface area contributed by atoms with Crippen LogP contribution < -0.4 is 0 Å². The van der Waals surface area contributed by atoms with Gasteiger partial charge in [0.05, 0.1) is 27.6 Å². The zero-order valence-electron chi connectivity index (χ0n) is 25.8. The van der Waals surface area contributed by atoms with Crippen LogP contribution in [0.5, 0.6) is 0 Å². The van der Waals surface area contributed by atoms with Crippen molar-refractivity contribution in [3.63, 3.8) is 0 Å². The molecule has 0 aliphatic carbocycles. The maximum absolute atomic E-state index is 5.03. The second-order valence-corrected chi connectivity index (χ2v) is 12.1. The van der Waals surface area contributed by atoms with Crippen LogP contribution in [0.4, 0.5) is 0 Å². The Kier molecular flexibility index (Phi) is 5.81. The molecule has 48 heavy (non-hydrogen) atoms. The SMILES string of the molecule is c1ccc(-c2nc(-c3ccccc3)nc(-c3cccc(-n4c5cccc6ccc7c8ccccc8n(c8ccccc84)c7c65)c3)n2)cc1. The molecule has 0 aliphatic heterocycles. The Bertz CT molecular complexity index is 2760. The highest BCUT2D eigenvalue weighted by Crippen LogP contribution is 2.40. The molecule has 0 atom stereocenters. The van der Waals surface area contributed by atoms with Gasteiger partial charge in [-0.25, -0.2) is 15.0 Å². The first-order valence-corrected chi connectivity index (χ1v) is 16.1. The van der Waals surface area contributed by atoms with Gasteiger partial charge in [0, 0.05) is 38.5 Å². The Morgan fingerprint density at radius 2 is 0.938 bits per heavy atom. The first-order valence-electron chi connectivity index (χ1n) is 16.1. The van der Waals surface area contributed by atoms with Crippen molar-refractivity contribution in [3.05, 3.63) is 164 Å². The van der Waals surface area contributed by atoms with E-state index in [1.54, 1.807) is 0 Å². The summed E-state index contributed by atoms with van der Waals surface area (Å²) in [6.45, 7) is 0. The number of rotatable bonds is 4. The van der Waals surface area contributed by atoms with E-state index < -0.39 is 0 Å². The molecule has 0 fully saturated rings. The van der Waals surface area contributed by atoms with Gasteiger partial charge in [0.25, 0.3) is 0 Å². The highest BCUT2D eigenvalue weighted by molar-refractivity contribution is 6.23. The Balaban J connectivity index is 1.29. The van der Waals surface area contributed by atoms with Crippen LogP contribution in [0.3, 0.4) is 0 Å². The molecular weight excluding hydrogens is 587 g/mol. The molecule has 0 spiro atoms. The van der Waals surface area contributed by atoms with Crippen LogP contribution in [0, 0.1) is 0 Å². The van der Waals surface area contributed by atoms with Crippen molar-refractivity contribution in [1.82, 2.24) is 23.9 Å². The van der Waals surface area contributed by atoms with E-state index in [9.17, 15) is 0 Å². The molecule has 0 radical (unpaired) electrons. The number of benzene rings is 7. The van der Waals surface area contributed by atoms with E-state index in [4.69, 9.17) is 15.0 Å². The molecule has 0 N–H and O–H groups in total. The minimum atomic E-state index is 0.630. The van der Waals surface area contributed by atoms with Gasteiger partial charge in [-0.15, -0.1) is 0 Å². The predicted octanol–water partition coefficient (Wildman–Crippen LogP) is 10.5. The van der Waals surface area contributed by atoms with Crippen LogP contribution in [0.15, 0.2) is 164 Å². The average molecular weight is 614 g/mol. The monoisotopic (exact) mass is 613 g/mol. The van der Waals surface area contributed by atoms with Crippen molar-refractivity contribution in [2.45, 2.75) is 0 Å². The molecule has 5 heteroatoms. The minimum absolute atomic E-state index is 0.630. The lowest BCUT2D eigenvalue weighted by Crippen LogP contribution is -2.01. The predicted molar refractivity (Wildman–Crippen MR) is 196 cm³/mol. The fourth-order valence-electron chi connectivity index (χ4n) is 7.22. The molecule has 10 rings (SSSR count). The van der Waals surface area contributed by atoms with E-state index in [-0.39, 0.29) is 0 Å². The number of hydrogen-bond donors (Lipinski definition) is 0. The quantitative estimate of drug-likeness (QED) is 0.198. The standard InChI is InChI=1S/C43H27N5/c1-3-13-29(14-4-1)41-44-42(30-15-5-2-6-16-30)46-43(45-41)31-18-11-19-32(27-31)47-36-22-9-10-23-37(36)48-35-21-8-7-20-33(35)34-26-25-28-17-12-24-38(47)39(28)40(34)48/h1-27H. The highest BCUT2D eigenvalue weighted by Gasteiger charge is 2.19. The van der Waals surface area contributed by atoms with Crippen LogP contribution in [-0.2, 0) is 0 Å². The van der Waals surface area contributed by atoms with Gasteiger partial charge < -0.3 is 8.97 Å². The second-order valence-electron chi connectivity index (χ2n) is 12.1. The number of nitrogens with zero attached hydrogens (tertiary/aromatic N) is 5. The van der Waals surface area contributed by atoms with Gasteiger partial charge in [-0.2, -0.15) is 0 Å². The summed E-state index contributed by atoms with van der Waals surface area (Å²) >= 11 is 0. The van der Waals surface area contributed by atoms with Crippen molar-refractivity contribution in [3.8, 4) is 39.9 Å². The molecule has 3 heterocycles. The third-order valence-electron chi connectivity index (χ3n) is 9.32. The number of hydrogen-bond acceptors (Lipinski definition) is 3. The molecule has 0 bridgehead atoms. The van der Waals surface area contributed by atoms with Gasteiger partial charge in [-0.3, -0.25) is 0 Å². The van der Waals surface area contributed by atoms with Gasteiger partial charge in [0.1, 0.15) is 0 Å². The van der Waals surface area contributed by atoms with Crippen LogP contribution in [-0.4, -0.2) is 23.9 Å². The lowest BCUT2D eigenvalue weighted by Gasteiger charge is -2.14. The summed E-state index contributed by atoms with van der Waals surface area (Å²) in [5.41, 5.74) is 9.65. The molecule has 224 valence electrons. The van der Waals surface area contributed by atoms with Crippen LogP contribution in [0.1, 0.15) is 0 Å². The van der Waals surface area contributed by atoms with Gasteiger partial charge in [0.2, 0.25) is 0 Å². The lowest BCUT2D eigenvalue weighted by atomic mass is 10.0. The maximum Gasteiger partial charge on any atom is 0.164 e. The van der Waals surface area contributed by atoms with Gasteiger partial charge >= 0.3 is 0 Å². The summed E-state index contributed by atoms with van der Waals surface area (Å²) in [4.78, 5) is 15.0. The van der Waals surface area contributed by atoms with E-state index in [1.807, 2.05) is 60.7 Å². The molecule has 0 aliphatic rings. The van der Waals surface area contributed by atoms with Crippen molar-refractivity contribution in [2.24, 2.45) is 0 Å². The molecule has 0 saturated heterocycles. The average Bonchev–Trinajstić information content (AvgIpc) is 3.43. The smallest absolute Gasteiger partial charge is 0.164 e. The van der Waals surface area contributed by atoms with E-state index >= 15 is 0 Å². The van der Waals surface area contributed by atoms with Crippen molar-refractivity contribution in [2.75, 3.05) is 0 Å². The van der Waals surface area contributed by atoms with Crippen LogP contribution in [0.25, 0.3) is 89.0 Å². The minimum Gasteiger partial charge on any atom is -0.308 e. The second kappa shape index (κ2) is 10.5. The summed E-state index contributed by atoms with van der Waals surface area (Å²) < 4.78 is 4.83. The topological polar surface area (TPSA) is 48.0 Å². The summed E-state index contributed by atoms with van der Waals surface area (Å²) in [7, 11) is 0. The number of aromatic nitrogens is 5. The fraction of sp³-hybridized carbons (Fsp3) is 0. The first kappa shape index (κ1) is 26.6. The third-order valence-corrected chi connectivity index (χ3v) is 9.32. The summed E-state index contributed by atoms with van der Waals surface area (Å²) in [5.74, 6) is 1.92. The third kappa shape index (κ3) is 4.01. The van der Waals surface area contributed by atoms with E-state index in [0.29, 0.717) is 17.5 Å². The largest absolute Gasteiger partial charge is 0.308 e. The Hall–Kier alpha value is -6.59. The molecule has 10 aromatic rings. The molecule has 5 nitrogen and oxygen atoms in total.